The van der Waals surface area contributed by atoms with Crippen LogP contribution in [0.5, 0.6) is 0 Å². The molecule has 0 aliphatic rings. The SMILES string of the molecule is C/C=C(/C=N/N(Cc1ccccc1)/C(=C/C)CCNC)CC. The molecule has 1 rings (SSSR count). The number of rotatable bonds is 9. The Bertz CT molecular complexity index is 501. The molecule has 22 heavy (non-hydrogen) atoms. The third-order valence-electron chi connectivity index (χ3n) is 3.61. The molecule has 0 fully saturated rings. The van der Waals surface area contributed by atoms with Gasteiger partial charge in [0.1, 0.15) is 0 Å². The first kappa shape index (κ1) is 18.2. The van der Waals surface area contributed by atoms with E-state index < -0.39 is 0 Å². The average molecular weight is 299 g/mol. The smallest absolute Gasteiger partial charge is 0.0662 e. The van der Waals surface area contributed by atoms with Crippen LogP contribution in [0.2, 0.25) is 0 Å². The Labute approximate surface area is 135 Å². The van der Waals surface area contributed by atoms with E-state index in [1.165, 1.54) is 16.8 Å². The maximum atomic E-state index is 4.73. The zero-order valence-corrected chi connectivity index (χ0v) is 14.3. The van der Waals surface area contributed by atoms with Gasteiger partial charge in [-0.05, 0) is 38.5 Å². The minimum Gasteiger partial charge on any atom is -0.319 e. The standard InChI is InChI=1S/C19H29N3/c1-5-17(6-2)15-21-22(19(7-3)13-14-20-4)16-18-11-9-8-10-12-18/h5,7-12,15,20H,6,13-14,16H2,1-4H3/b17-5+,19-7+,21-15+. The molecular formula is C19H29N3. The molecule has 0 radical (unpaired) electrons. The van der Waals surface area contributed by atoms with Crippen LogP contribution in [-0.2, 0) is 6.54 Å². The summed E-state index contributed by atoms with van der Waals surface area (Å²) in [6.45, 7) is 8.03. The Morgan fingerprint density at radius 1 is 1.18 bits per heavy atom. The van der Waals surface area contributed by atoms with E-state index in [2.05, 4.69) is 67.5 Å². The fourth-order valence-corrected chi connectivity index (χ4v) is 2.16. The predicted molar refractivity (Wildman–Crippen MR) is 96.8 cm³/mol. The maximum Gasteiger partial charge on any atom is 0.0662 e. The first-order chi connectivity index (χ1) is 10.7. The Kier molecular flexibility index (Phi) is 8.92. The van der Waals surface area contributed by atoms with Crippen molar-refractivity contribution in [3.05, 3.63) is 59.3 Å². The molecule has 0 heterocycles. The van der Waals surface area contributed by atoms with Gasteiger partial charge in [-0.1, -0.05) is 49.4 Å². The molecule has 1 aromatic rings. The fourth-order valence-electron chi connectivity index (χ4n) is 2.16. The molecule has 1 N–H and O–H groups in total. The van der Waals surface area contributed by atoms with Crippen molar-refractivity contribution in [1.29, 1.82) is 0 Å². The lowest BCUT2D eigenvalue weighted by molar-refractivity contribution is 0.343. The van der Waals surface area contributed by atoms with Crippen LogP contribution in [0.1, 0.15) is 39.2 Å². The first-order valence-electron chi connectivity index (χ1n) is 8.05. The van der Waals surface area contributed by atoms with Crippen LogP contribution in [0.15, 0.2) is 58.9 Å². The van der Waals surface area contributed by atoms with Crippen molar-refractivity contribution in [3.63, 3.8) is 0 Å². The molecule has 120 valence electrons. The van der Waals surface area contributed by atoms with Crippen LogP contribution in [0, 0.1) is 0 Å². The van der Waals surface area contributed by atoms with Gasteiger partial charge in [0.25, 0.3) is 0 Å². The Balaban J connectivity index is 2.93. The van der Waals surface area contributed by atoms with Crippen molar-refractivity contribution in [1.82, 2.24) is 10.3 Å². The van der Waals surface area contributed by atoms with Gasteiger partial charge in [0.15, 0.2) is 0 Å². The third-order valence-corrected chi connectivity index (χ3v) is 3.61. The summed E-state index contributed by atoms with van der Waals surface area (Å²) in [5, 5.41) is 10.0. The highest BCUT2D eigenvalue weighted by Gasteiger charge is 2.08. The van der Waals surface area contributed by atoms with Gasteiger partial charge >= 0.3 is 0 Å². The lowest BCUT2D eigenvalue weighted by Gasteiger charge is -2.22. The minimum atomic E-state index is 0.793. The average Bonchev–Trinajstić information content (AvgIpc) is 2.57. The van der Waals surface area contributed by atoms with Crippen LogP contribution in [0.3, 0.4) is 0 Å². The molecule has 0 amide bonds. The zero-order valence-electron chi connectivity index (χ0n) is 14.3. The molecule has 1 aromatic carbocycles. The number of hydrogen-bond acceptors (Lipinski definition) is 3. The van der Waals surface area contributed by atoms with E-state index in [0.29, 0.717) is 0 Å². The summed E-state index contributed by atoms with van der Waals surface area (Å²) < 4.78 is 0. The number of hydrogen-bond donors (Lipinski definition) is 1. The molecule has 3 heteroatoms. The molecular weight excluding hydrogens is 270 g/mol. The summed E-state index contributed by atoms with van der Waals surface area (Å²) >= 11 is 0. The van der Waals surface area contributed by atoms with E-state index in [0.717, 1.165) is 25.9 Å². The Hall–Kier alpha value is -1.87. The molecule has 0 atom stereocenters. The van der Waals surface area contributed by atoms with Gasteiger partial charge in [-0.25, -0.2) is 0 Å². The van der Waals surface area contributed by atoms with Gasteiger partial charge in [0.2, 0.25) is 0 Å². The normalized spacial score (nSPS) is 12.9. The van der Waals surface area contributed by atoms with Crippen LogP contribution < -0.4 is 5.32 Å². The van der Waals surface area contributed by atoms with E-state index in [1.54, 1.807) is 0 Å². The molecule has 0 spiro atoms. The van der Waals surface area contributed by atoms with Gasteiger partial charge in [0.05, 0.1) is 12.8 Å². The Morgan fingerprint density at radius 3 is 2.45 bits per heavy atom. The summed E-state index contributed by atoms with van der Waals surface area (Å²) in [6.07, 6.45) is 8.22. The van der Waals surface area contributed by atoms with Crippen molar-refractivity contribution >= 4 is 6.21 Å². The molecule has 0 saturated heterocycles. The number of nitrogens with zero attached hydrogens (tertiary/aromatic N) is 2. The number of allylic oxidation sites excluding steroid dienone is 3. The molecule has 3 nitrogen and oxygen atoms in total. The summed E-state index contributed by atoms with van der Waals surface area (Å²) in [5.74, 6) is 0. The highest BCUT2D eigenvalue weighted by molar-refractivity contribution is 5.78. The van der Waals surface area contributed by atoms with Crippen molar-refractivity contribution in [3.8, 4) is 0 Å². The highest BCUT2D eigenvalue weighted by atomic mass is 15.5. The minimum absolute atomic E-state index is 0.793. The summed E-state index contributed by atoms with van der Waals surface area (Å²) in [5.41, 5.74) is 3.75. The van der Waals surface area contributed by atoms with E-state index in [4.69, 9.17) is 5.10 Å². The maximum absolute atomic E-state index is 4.73. The molecule has 0 unspecified atom stereocenters. The van der Waals surface area contributed by atoms with E-state index >= 15 is 0 Å². The summed E-state index contributed by atoms with van der Waals surface area (Å²) in [4.78, 5) is 0. The molecule has 0 aliphatic heterocycles. The van der Waals surface area contributed by atoms with Crippen LogP contribution in [0.25, 0.3) is 0 Å². The summed E-state index contributed by atoms with van der Waals surface area (Å²) in [6, 6.07) is 10.5. The number of benzene rings is 1. The highest BCUT2D eigenvalue weighted by Crippen LogP contribution is 2.15. The van der Waals surface area contributed by atoms with Gasteiger partial charge in [0, 0.05) is 18.7 Å². The molecule has 0 saturated carbocycles. The predicted octanol–water partition coefficient (Wildman–Crippen LogP) is 4.34. The number of hydrazone groups is 1. The van der Waals surface area contributed by atoms with Crippen LogP contribution >= 0.6 is 0 Å². The quantitative estimate of drug-likeness (QED) is 0.542. The van der Waals surface area contributed by atoms with Crippen molar-refractivity contribution in [2.24, 2.45) is 5.10 Å². The van der Waals surface area contributed by atoms with Crippen LogP contribution in [0.4, 0.5) is 0 Å². The summed E-state index contributed by atoms with van der Waals surface area (Å²) in [7, 11) is 1.98. The zero-order chi connectivity index (χ0) is 16.2. The second kappa shape index (κ2) is 10.8. The van der Waals surface area contributed by atoms with Crippen LogP contribution in [-0.4, -0.2) is 24.8 Å². The van der Waals surface area contributed by atoms with Crippen molar-refractivity contribution in [2.75, 3.05) is 13.6 Å². The van der Waals surface area contributed by atoms with Gasteiger partial charge in [-0.15, -0.1) is 0 Å². The van der Waals surface area contributed by atoms with Crippen molar-refractivity contribution in [2.45, 2.75) is 40.2 Å². The lowest BCUT2D eigenvalue weighted by atomic mass is 10.2. The third kappa shape index (κ3) is 6.27. The van der Waals surface area contributed by atoms with E-state index in [-0.39, 0.29) is 0 Å². The largest absolute Gasteiger partial charge is 0.319 e. The molecule has 0 aromatic heterocycles. The van der Waals surface area contributed by atoms with Gasteiger partial charge in [-0.3, -0.25) is 5.01 Å². The molecule has 0 bridgehead atoms. The monoisotopic (exact) mass is 299 g/mol. The second-order valence-electron chi connectivity index (χ2n) is 5.14. The first-order valence-corrected chi connectivity index (χ1v) is 8.05. The van der Waals surface area contributed by atoms with Gasteiger partial charge in [-0.2, -0.15) is 5.10 Å². The van der Waals surface area contributed by atoms with E-state index in [1.807, 2.05) is 19.3 Å². The topological polar surface area (TPSA) is 27.6 Å². The number of nitrogens with one attached hydrogen (secondary N) is 1. The lowest BCUT2D eigenvalue weighted by Crippen LogP contribution is -2.20. The molecule has 0 aliphatic carbocycles. The van der Waals surface area contributed by atoms with Gasteiger partial charge < -0.3 is 5.32 Å². The Morgan fingerprint density at radius 2 is 1.91 bits per heavy atom. The second-order valence-corrected chi connectivity index (χ2v) is 5.14. The fraction of sp³-hybridized carbons (Fsp3) is 0.421. The van der Waals surface area contributed by atoms with Crippen molar-refractivity contribution < 1.29 is 0 Å². The van der Waals surface area contributed by atoms with E-state index in [9.17, 15) is 0 Å².